The van der Waals surface area contributed by atoms with Gasteiger partial charge in [-0.15, -0.1) is 0 Å². The van der Waals surface area contributed by atoms with Crippen LogP contribution >= 0.6 is 0 Å². The van der Waals surface area contributed by atoms with Gasteiger partial charge in [-0.1, -0.05) is 75.9 Å². The van der Waals surface area contributed by atoms with Gasteiger partial charge in [0.05, 0.1) is 0 Å². The lowest BCUT2D eigenvalue weighted by atomic mass is 9.93. The van der Waals surface area contributed by atoms with Crippen LogP contribution in [0.2, 0.25) is 0 Å². The monoisotopic (exact) mass is 364 g/mol. The molecule has 1 aliphatic carbocycles. The zero-order chi connectivity index (χ0) is 19.7. The topological polar surface area (TPSA) is 0 Å². The van der Waals surface area contributed by atoms with E-state index >= 15 is 0 Å². The lowest BCUT2D eigenvalue weighted by Gasteiger charge is -2.11. The highest BCUT2D eigenvalue weighted by Gasteiger charge is 2.28. The maximum absolute atomic E-state index is 4.42. The van der Waals surface area contributed by atoms with Gasteiger partial charge in [0.25, 0.3) is 0 Å². The molecule has 0 aromatic heterocycles. The number of hydrogen-bond donors (Lipinski definition) is 0. The molecule has 3 aromatic carbocycles. The lowest BCUT2D eigenvalue weighted by Crippen LogP contribution is -1.91. The second-order valence-corrected chi connectivity index (χ2v) is 7.68. The summed E-state index contributed by atoms with van der Waals surface area (Å²) in [5.41, 5.74) is 6.58. The molecule has 0 saturated carbocycles. The first kappa shape index (κ1) is 18.5. The molecule has 0 N–H and O–H groups in total. The molecule has 1 atom stereocenters. The van der Waals surface area contributed by atoms with Crippen LogP contribution in [-0.2, 0) is 0 Å². The fourth-order valence-electron chi connectivity index (χ4n) is 4.30. The van der Waals surface area contributed by atoms with E-state index in [0.717, 1.165) is 18.4 Å². The molecule has 0 radical (unpaired) electrons. The van der Waals surface area contributed by atoms with E-state index in [1.54, 1.807) is 0 Å². The highest BCUT2D eigenvalue weighted by atomic mass is 14.3. The van der Waals surface area contributed by atoms with Crippen molar-refractivity contribution in [1.82, 2.24) is 0 Å². The predicted molar refractivity (Wildman–Crippen MR) is 125 cm³/mol. The third-order valence-electron chi connectivity index (χ3n) is 5.77. The summed E-state index contributed by atoms with van der Waals surface area (Å²) >= 11 is 0. The summed E-state index contributed by atoms with van der Waals surface area (Å²) in [6, 6.07) is 18.0. The Bertz CT molecular complexity index is 1150. The second kappa shape index (κ2) is 7.64. The first-order chi connectivity index (χ1) is 13.6. The highest BCUT2D eigenvalue weighted by Crippen LogP contribution is 2.47. The Morgan fingerprint density at radius 3 is 2.18 bits per heavy atom. The molecular formula is C28H28. The first-order valence-electron chi connectivity index (χ1n) is 10.4. The minimum Gasteiger partial charge on any atom is -0.0911 e. The molecule has 0 saturated heterocycles. The van der Waals surface area contributed by atoms with Gasteiger partial charge < -0.3 is 0 Å². The average Bonchev–Trinajstić information content (AvgIpc) is 2.98. The van der Waals surface area contributed by atoms with Crippen molar-refractivity contribution in [2.24, 2.45) is 0 Å². The van der Waals surface area contributed by atoms with Gasteiger partial charge in [0, 0.05) is 5.92 Å². The molecular weight excluding hydrogens is 336 g/mol. The Labute approximate surface area is 168 Å². The minimum atomic E-state index is 0.385. The Kier molecular flexibility index (Phi) is 5.05. The highest BCUT2D eigenvalue weighted by molar-refractivity contribution is 6.02. The van der Waals surface area contributed by atoms with Gasteiger partial charge in [-0.2, -0.15) is 0 Å². The standard InChI is InChI=1S/C28H28/c1-5-7-11-19(3)28-25(14-8-6-2)20(4)26-17-23-15-21-12-9-10-13-22(21)16-24(23)18-27(26)28/h7-18,20H,3,5-6H2,1-2,4H3/b11-7-,14-8-. The molecule has 0 heteroatoms. The van der Waals surface area contributed by atoms with Crippen molar-refractivity contribution < 1.29 is 0 Å². The van der Waals surface area contributed by atoms with Crippen molar-refractivity contribution in [3.8, 4) is 0 Å². The Hall–Kier alpha value is -2.86. The van der Waals surface area contributed by atoms with Crippen molar-refractivity contribution >= 4 is 27.1 Å². The number of fused-ring (bicyclic) bond motifs is 3. The van der Waals surface area contributed by atoms with Crippen molar-refractivity contribution in [3.63, 3.8) is 0 Å². The molecule has 4 rings (SSSR count). The van der Waals surface area contributed by atoms with E-state index in [9.17, 15) is 0 Å². The van der Waals surface area contributed by atoms with Crippen LogP contribution in [0.15, 0.2) is 90.6 Å². The van der Waals surface area contributed by atoms with Gasteiger partial charge in [0.1, 0.15) is 0 Å². The summed E-state index contributed by atoms with van der Waals surface area (Å²) in [5.74, 6) is 0.385. The van der Waals surface area contributed by atoms with Crippen LogP contribution < -0.4 is 0 Å². The lowest BCUT2D eigenvalue weighted by molar-refractivity contribution is 0.947. The second-order valence-electron chi connectivity index (χ2n) is 7.68. The van der Waals surface area contributed by atoms with Crippen LogP contribution in [0.4, 0.5) is 0 Å². The summed E-state index contributed by atoms with van der Waals surface area (Å²) in [4.78, 5) is 0. The normalized spacial score (nSPS) is 16.8. The third-order valence-corrected chi connectivity index (χ3v) is 5.77. The van der Waals surface area contributed by atoms with Gasteiger partial charge in [-0.05, 0) is 86.5 Å². The quantitative estimate of drug-likeness (QED) is 0.315. The smallest absolute Gasteiger partial charge is 0.00736 e. The molecule has 0 bridgehead atoms. The molecule has 1 aliphatic rings. The Morgan fingerprint density at radius 2 is 1.54 bits per heavy atom. The zero-order valence-corrected chi connectivity index (χ0v) is 17.1. The van der Waals surface area contributed by atoms with Gasteiger partial charge >= 0.3 is 0 Å². The van der Waals surface area contributed by atoms with Crippen LogP contribution in [0, 0.1) is 0 Å². The average molecular weight is 365 g/mol. The minimum absolute atomic E-state index is 0.385. The molecule has 3 aromatic rings. The van der Waals surface area contributed by atoms with Crippen LogP contribution in [0.25, 0.3) is 27.1 Å². The van der Waals surface area contributed by atoms with E-state index < -0.39 is 0 Å². The van der Waals surface area contributed by atoms with Crippen molar-refractivity contribution in [2.45, 2.75) is 39.5 Å². The molecule has 140 valence electrons. The van der Waals surface area contributed by atoms with Crippen molar-refractivity contribution in [1.29, 1.82) is 0 Å². The van der Waals surface area contributed by atoms with Gasteiger partial charge in [-0.3, -0.25) is 0 Å². The fraction of sp³-hybridized carbons (Fsp3) is 0.214. The molecule has 0 heterocycles. The largest absolute Gasteiger partial charge is 0.0911 e. The van der Waals surface area contributed by atoms with E-state index in [0.29, 0.717) is 5.92 Å². The summed E-state index contributed by atoms with van der Waals surface area (Å²) in [6.45, 7) is 11.1. The molecule has 0 nitrogen and oxygen atoms in total. The first-order valence-corrected chi connectivity index (χ1v) is 10.4. The van der Waals surface area contributed by atoms with E-state index in [-0.39, 0.29) is 0 Å². The van der Waals surface area contributed by atoms with Gasteiger partial charge in [-0.25, -0.2) is 0 Å². The van der Waals surface area contributed by atoms with Crippen LogP contribution in [0.1, 0.15) is 50.7 Å². The molecule has 0 spiro atoms. The van der Waals surface area contributed by atoms with E-state index in [2.05, 4.69) is 100 Å². The summed E-state index contributed by atoms with van der Waals surface area (Å²) in [7, 11) is 0. The van der Waals surface area contributed by atoms with Crippen LogP contribution in [-0.4, -0.2) is 0 Å². The van der Waals surface area contributed by atoms with Crippen LogP contribution in [0.3, 0.4) is 0 Å². The molecule has 0 amide bonds. The predicted octanol–water partition coefficient (Wildman–Crippen LogP) is 8.35. The van der Waals surface area contributed by atoms with Crippen molar-refractivity contribution in [3.05, 3.63) is 102 Å². The van der Waals surface area contributed by atoms with Crippen molar-refractivity contribution in [2.75, 3.05) is 0 Å². The molecule has 0 fully saturated rings. The maximum Gasteiger partial charge on any atom is 0.00736 e. The summed E-state index contributed by atoms with van der Waals surface area (Å²) in [6.07, 6.45) is 11.0. The number of hydrogen-bond acceptors (Lipinski definition) is 0. The number of allylic oxidation sites excluding steroid dienone is 7. The van der Waals surface area contributed by atoms with E-state index in [4.69, 9.17) is 0 Å². The van der Waals surface area contributed by atoms with E-state index in [1.807, 2.05) is 0 Å². The van der Waals surface area contributed by atoms with Gasteiger partial charge in [0.15, 0.2) is 0 Å². The molecule has 1 unspecified atom stereocenters. The number of benzene rings is 3. The molecule has 0 aliphatic heterocycles. The summed E-state index contributed by atoms with van der Waals surface area (Å²) in [5, 5.41) is 5.21. The van der Waals surface area contributed by atoms with Gasteiger partial charge in [0.2, 0.25) is 0 Å². The fourth-order valence-corrected chi connectivity index (χ4v) is 4.30. The number of rotatable bonds is 5. The zero-order valence-electron chi connectivity index (χ0n) is 17.1. The Balaban J connectivity index is 1.95. The third kappa shape index (κ3) is 3.14. The maximum atomic E-state index is 4.42. The van der Waals surface area contributed by atoms with Crippen LogP contribution in [0.5, 0.6) is 0 Å². The SMILES string of the molecule is C=C(/C=C\CC)C1=C(/C=C\CC)C(C)c2cc3cc4ccccc4cc3cc21. The molecule has 28 heavy (non-hydrogen) atoms. The summed E-state index contributed by atoms with van der Waals surface area (Å²) < 4.78 is 0. The van der Waals surface area contributed by atoms with E-state index in [1.165, 1.54) is 43.8 Å². The Morgan fingerprint density at radius 1 is 0.893 bits per heavy atom.